The Morgan fingerprint density at radius 1 is 0.950 bits per heavy atom. The number of ether oxygens (including phenoxy) is 4. The Morgan fingerprint density at radius 2 is 1.75 bits per heavy atom. The molecule has 0 unspecified atom stereocenters. The van der Waals surface area contributed by atoms with Crippen LogP contribution in [0.1, 0.15) is 42.6 Å². The minimum Gasteiger partial charge on any atom is -0.493 e. The Hall–Kier alpha value is -3.99. The second-order valence-corrected chi connectivity index (χ2v) is 9.50. The van der Waals surface area contributed by atoms with E-state index < -0.39 is 0 Å². The summed E-state index contributed by atoms with van der Waals surface area (Å²) in [7, 11) is 1.60. The third-order valence-electron chi connectivity index (χ3n) is 6.88. The number of hydrazone groups is 1. The van der Waals surface area contributed by atoms with Gasteiger partial charge in [0.25, 0.3) is 5.91 Å². The van der Waals surface area contributed by atoms with E-state index in [0.717, 1.165) is 43.8 Å². The van der Waals surface area contributed by atoms with Crippen molar-refractivity contribution < 1.29 is 28.5 Å². The van der Waals surface area contributed by atoms with Crippen LogP contribution >= 0.6 is 0 Å². The zero-order valence-corrected chi connectivity index (χ0v) is 23.6. The van der Waals surface area contributed by atoms with E-state index in [9.17, 15) is 9.59 Å². The normalized spacial score (nSPS) is 15.8. The molecule has 216 valence electrons. The maximum absolute atomic E-state index is 13.3. The van der Waals surface area contributed by atoms with Gasteiger partial charge in [-0.25, -0.2) is 9.80 Å². The van der Waals surface area contributed by atoms with E-state index in [1.165, 1.54) is 5.01 Å². The lowest BCUT2D eigenvalue weighted by molar-refractivity contribution is 0.0750. The molecule has 2 aromatic rings. The molecule has 0 atom stereocenters. The Bertz CT molecular complexity index is 1210. The average Bonchev–Trinajstić information content (AvgIpc) is 2.97. The molecular weight excluding hydrogens is 514 g/mol. The average molecular weight is 554 g/mol. The van der Waals surface area contributed by atoms with Gasteiger partial charge in [0.15, 0.2) is 11.5 Å². The Balaban J connectivity index is 1.33. The molecule has 2 N–H and O–H groups in total. The monoisotopic (exact) mass is 553 g/mol. The molecule has 11 heteroatoms. The zero-order chi connectivity index (χ0) is 28.5. The van der Waals surface area contributed by atoms with Crippen molar-refractivity contribution in [2.75, 3.05) is 71.9 Å². The number of nitrogens with zero attached hydrogens (tertiary/aromatic N) is 4. The molecule has 2 aliphatic heterocycles. The van der Waals surface area contributed by atoms with Crippen LogP contribution in [0.5, 0.6) is 17.2 Å². The molecule has 0 saturated carbocycles. The smallest absolute Gasteiger partial charge is 0.409 e. The number of hydrogen-bond acceptors (Lipinski definition) is 9. The summed E-state index contributed by atoms with van der Waals surface area (Å²) in [6.45, 7) is 9.12. The Kier molecular flexibility index (Phi) is 10.1. The van der Waals surface area contributed by atoms with Gasteiger partial charge in [0, 0.05) is 56.6 Å². The molecule has 1 fully saturated rings. The van der Waals surface area contributed by atoms with Crippen molar-refractivity contribution in [1.29, 1.82) is 0 Å². The number of anilines is 1. The van der Waals surface area contributed by atoms with Crippen molar-refractivity contribution in [1.82, 2.24) is 14.8 Å². The summed E-state index contributed by atoms with van der Waals surface area (Å²) in [6.07, 6.45) is 1.28. The third kappa shape index (κ3) is 7.15. The van der Waals surface area contributed by atoms with Gasteiger partial charge >= 0.3 is 6.09 Å². The first-order valence-corrected chi connectivity index (χ1v) is 13.8. The maximum Gasteiger partial charge on any atom is 0.409 e. The van der Waals surface area contributed by atoms with Gasteiger partial charge < -0.3 is 29.6 Å². The number of carbonyl (C=O) groups is 2. The Morgan fingerprint density at radius 3 is 2.45 bits per heavy atom. The minimum atomic E-state index is -0.258. The highest BCUT2D eigenvalue weighted by Gasteiger charge is 2.24. The van der Waals surface area contributed by atoms with Gasteiger partial charge in [0.05, 0.1) is 31.6 Å². The van der Waals surface area contributed by atoms with E-state index in [1.807, 2.05) is 25.1 Å². The van der Waals surface area contributed by atoms with Crippen molar-refractivity contribution in [3.05, 3.63) is 47.5 Å². The molecule has 2 aliphatic rings. The maximum atomic E-state index is 13.3. The largest absolute Gasteiger partial charge is 0.493 e. The van der Waals surface area contributed by atoms with Gasteiger partial charge in [-0.1, -0.05) is 0 Å². The van der Waals surface area contributed by atoms with Gasteiger partial charge in [0.2, 0.25) is 0 Å². The number of nitrogen functional groups attached to an aromatic ring is 1. The molecule has 2 heterocycles. The van der Waals surface area contributed by atoms with E-state index >= 15 is 0 Å². The van der Waals surface area contributed by atoms with Crippen LogP contribution in [0.2, 0.25) is 0 Å². The SMILES string of the molecule is CCOC(=O)N1CCN(CCOc2ccc(C(=O)N3CCCC(c4ccc(OC)c(OCC)c4)=N3)c(N)c2)CC1. The third-order valence-corrected chi connectivity index (χ3v) is 6.88. The molecule has 4 rings (SSSR count). The van der Waals surface area contributed by atoms with Crippen molar-refractivity contribution in [2.45, 2.75) is 26.7 Å². The summed E-state index contributed by atoms with van der Waals surface area (Å²) in [5.41, 5.74) is 8.71. The predicted molar refractivity (Wildman–Crippen MR) is 152 cm³/mol. The summed E-state index contributed by atoms with van der Waals surface area (Å²) in [5, 5.41) is 6.13. The van der Waals surface area contributed by atoms with Crippen LogP contribution in [0.25, 0.3) is 0 Å². The van der Waals surface area contributed by atoms with Crippen LogP contribution in [0.3, 0.4) is 0 Å². The minimum absolute atomic E-state index is 0.251. The predicted octanol–water partition coefficient (Wildman–Crippen LogP) is 3.47. The van der Waals surface area contributed by atoms with Crippen molar-refractivity contribution in [3.8, 4) is 17.2 Å². The molecule has 0 spiro atoms. The summed E-state index contributed by atoms with van der Waals surface area (Å²) in [6, 6.07) is 10.8. The topological polar surface area (TPSA) is 119 Å². The van der Waals surface area contributed by atoms with E-state index in [4.69, 9.17) is 24.7 Å². The van der Waals surface area contributed by atoms with Crippen molar-refractivity contribution in [3.63, 3.8) is 0 Å². The van der Waals surface area contributed by atoms with Gasteiger partial charge in [-0.05, 0) is 57.0 Å². The van der Waals surface area contributed by atoms with E-state index in [2.05, 4.69) is 10.0 Å². The molecule has 40 heavy (non-hydrogen) atoms. The Labute approximate surface area is 235 Å². The molecule has 1 saturated heterocycles. The highest BCUT2D eigenvalue weighted by atomic mass is 16.6. The highest BCUT2D eigenvalue weighted by Crippen LogP contribution is 2.30. The number of rotatable bonds is 10. The van der Waals surface area contributed by atoms with Crippen LogP contribution in [0, 0.1) is 0 Å². The van der Waals surface area contributed by atoms with Gasteiger partial charge in [-0.15, -0.1) is 0 Å². The van der Waals surface area contributed by atoms with Crippen LogP contribution in [0.15, 0.2) is 41.5 Å². The summed E-state index contributed by atoms with van der Waals surface area (Å²) in [5.74, 6) is 1.65. The quantitative estimate of drug-likeness (QED) is 0.445. The number of nitrogens with two attached hydrogens (primary N) is 1. The van der Waals surface area contributed by atoms with Crippen molar-refractivity contribution >= 4 is 23.4 Å². The molecule has 2 aromatic carbocycles. The molecular formula is C29H39N5O6. The first-order chi connectivity index (χ1) is 19.4. The lowest BCUT2D eigenvalue weighted by Gasteiger charge is -2.33. The number of methoxy groups -OCH3 is 1. The summed E-state index contributed by atoms with van der Waals surface area (Å²) in [4.78, 5) is 29.1. The zero-order valence-electron chi connectivity index (χ0n) is 23.6. The number of carbonyl (C=O) groups excluding carboxylic acids is 2. The molecule has 0 bridgehead atoms. The van der Waals surface area contributed by atoms with Gasteiger partial charge in [0.1, 0.15) is 12.4 Å². The number of piperazine rings is 1. The first kappa shape index (κ1) is 29.0. The van der Waals surface area contributed by atoms with Crippen molar-refractivity contribution in [2.24, 2.45) is 5.10 Å². The lowest BCUT2D eigenvalue weighted by atomic mass is 10.0. The second-order valence-electron chi connectivity index (χ2n) is 9.50. The van der Waals surface area contributed by atoms with Crippen LogP contribution in [-0.2, 0) is 4.74 Å². The fourth-order valence-corrected chi connectivity index (χ4v) is 4.74. The van der Waals surface area contributed by atoms with Gasteiger partial charge in [-0.2, -0.15) is 5.10 Å². The number of amides is 2. The van der Waals surface area contributed by atoms with E-state index in [0.29, 0.717) is 68.0 Å². The second kappa shape index (κ2) is 13.9. The molecule has 11 nitrogen and oxygen atoms in total. The highest BCUT2D eigenvalue weighted by molar-refractivity contribution is 6.04. The van der Waals surface area contributed by atoms with Crippen LogP contribution < -0.4 is 19.9 Å². The van der Waals surface area contributed by atoms with E-state index in [-0.39, 0.29) is 12.0 Å². The number of benzene rings is 2. The fourth-order valence-electron chi connectivity index (χ4n) is 4.74. The standard InChI is InChI=1S/C29H39N5O6/c1-4-38-27-19-21(8-11-26(27)37-3)25-7-6-12-34(31-25)28(35)23-10-9-22(20-24(23)30)40-18-17-32-13-15-33(16-14-32)29(36)39-5-2/h8-11,19-20H,4-7,12-18,30H2,1-3H3. The van der Waals surface area contributed by atoms with Gasteiger partial charge in [-0.3, -0.25) is 9.69 Å². The molecule has 0 radical (unpaired) electrons. The molecule has 0 aromatic heterocycles. The molecule has 0 aliphatic carbocycles. The number of hydrogen-bond donors (Lipinski definition) is 1. The van der Waals surface area contributed by atoms with Crippen LogP contribution in [-0.4, -0.2) is 98.7 Å². The lowest BCUT2D eigenvalue weighted by Crippen LogP contribution is -2.49. The summed E-state index contributed by atoms with van der Waals surface area (Å²) >= 11 is 0. The van der Waals surface area contributed by atoms with Crippen LogP contribution in [0.4, 0.5) is 10.5 Å². The first-order valence-electron chi connectivity index (χ1n) is 13.8. The molecule has 2 amide bonds. The van der Waals surface area contributed by atoms with E-state index in [1.54, 1.807) is 37.1 Å². The fraction of sp³-hybridized carbons (Fsp3) is 0.483. The summed E-state index contributed by atoms with van der Waals surface area (Å²) < 4.78 is 22.1.